The molecule has 2 N–H and O–H groups in total. The van der Waals surface area contributed by atoms with Crippen LogP contribution in [0.1, 0.15) is 18.7 Å². The van der Waals surface area contributed by atoms with E-state index < -0.39 is 0 Å². The lowest BCUT2D eigenvalue weighted by molar-refractivity contribution is 0.394. The zero-order chi connectivity index (χ0) is 17.6. The Labute approximate surface area is 173 Å². The van der Waals surface area contributed by atoms with Gasteiger partial charge in [-0.3, -0.25) is 4.99 Å². The van der Waals surface area contributed by atoms with Gasteiger partial charge in [0.2, 0.25) is 0 Å². The van der Waals surface area contributed by atoms with E-state index in [0.717, 1.165) is 49.3 Å². The summed E-state index contributed by atoms with van der Waals surface area (Å²) in [6.07, 6.45) is 2.31. The van der Waals surface area contributed by atoms with Crippen LogP contribution in [0.5, 0.6) is 0 Å². The van der Waals surface area contributed by atoms with Gasteiger partial charge in [0.25, 0.3) is 0 Å². The SMILES string of the molecule is CN=C(NCCCn1c(C)nc2ccccc21)NCC1CCN(C)C1.I. The number of fused-ring (bicyclic) bond motifs is 1. The van der Waals surface area contributed by atoms with E-state index in [2.05, 4.69) is 62.2 Å². The van der Waals surface area contributed by atoms with Crippen LogP contribution in [0.25, 0.3) is 11.0 Å². The van der Waals surface area contributed by atoms with Crippen molar-refractivity contribution in [1.29, 1.82) is 0 Å². The average Bonchev–Trinajstić information content (AvgIpc) is 3.17. The Hall–Kier alpha value is -1.35. The maximum Gasteiger partial charge on any atom is 0.190 e. The highest BCUT2D eigenvalue weighted by atomic mass is 127. The summed E-state index contributed by atoms with van der Waals surface area (Å²) < 4.78 is 2.29. The van der Waals surface area contributed by atoms with E-state index in [9.17, 15) is 0 Å². The van der Waals surface area contributed by atoms with Crippen LogP contribution in [0.15, 0.2) is 29.3 Å². The van der Waals surface area contributed by atoms with Crippen LogP contribution < -0.4 is 10.6 Å². The van der Waals surface area contributed by atoms with Crippen molar-refractivity contribution in [3.8, 4) is 0 Å². The quantitative estimate of drug-likeness (QED) is 0.295. The molecule has 0 spiro atoms. The largest absolute Gasteiger partial charge is 0.356 e. The van der Waals surface area contributed by atoms with Crippen molar-refractivity contribution < 1.29 is 0 Å². The molecule has 26 heavy (non-hydrogen) atoms. The Bertz CT molecular complexity index is 726. The van der Waals surface area contributed by atoms with Gasteiger partial charge in [0, 0.05) is 33.2 Å². The van der Waals surface area contributed by atoms with E-state index in [0.29, 0.717) is 0 Å². The molecule has 6 nitrogen and oxygen atoms in total. The molecular formula is C19H31IN6. The van der Waals surface area contributed by atoms with Gasteiger partial charge in [0.15, 0.2) is 5.96 Å². The number of hydrogen-bond donors (Lipinski definition) is 2. The summed E-state index contributed by atoms with van der Waals surface area (Å²) >= 11 is 0. The number of halogens is 1. The van der Waals surface area contributed by atoms with Crippen molar-refractivity contribution in [3.63, 3.8) is 0 Å². The molecule has 1 unspecified atom stereocenters. The van der Waals surface area contributed by atoms with Crippen molar-refractivity contribution in [2.24, 2.45) is 10.9 Å². The molecule has 1 aliphatic heterocycles. The number of para-hydroxylation sites is 2. The van der Waals surface area contributed by atoms with Crippen LogP contribution in [-0.2, 0) is 6.54 Å². The minimum absolute atomic E-state index is 0. The molecule has 1 saturated heterocycles. The summed E-state index contributed by atoms with van der Waals surface area (Å²) in [5, 5.41) is 6.89. The molecule has 7 heteroatoms. The lowest BCUT2D eigenvalue weighted by Gasteiger charge is -2.15. The van der Waals surface area contributed by atoms with Gasteiger partial charge in [0.05, 0.1) is 11.0 Å². The van der Waals surface area contributed by atoms with Crippen LogP contribution in [-0.4, -0.2) is 60.7 Å². The summed E-state index contributed by atoms with van der Waals surface area (Å²) in [6.45, 7) is 7.31. The summed E-state index contributed by atoms with van der Waals surface area (Å²) in [6, 6.07) is 8.33. The highest BCUT2D eigenvalue weighted by Crippen LogP contribution is 2.15. The first kappa shape index (κ1) is 21.0. The zero-order valence-electron chi connectivity index (χ0n) is 16.0. The minimum Gasteiger partial charge on any atom is -0.356 e. The Morgan fingerprint density at radius 3 is 2.85 bits per heavy atom. The number of guanidine groups is 1. The van der Waals surface area contributed by atoms with E-state index in [1.165, 1.54) is 25.0 Å². The fourth-order valence-electron chi connectivity index (χ4n) is 3.58. The number of benzene rings is 1. The fraction of sp³-hybridized carbons (Fsp3) is 0.579. The van der Waals surface area contributed by atoms with Gasteiger partial charge >= 0.3 is 0 Å². The summed E-state index contributed by atoms with van der Waals surface area (Å²) in [5.41, 5.74) is 2.29. The van der Waals surface area contributed by atoms with E-state index in [4.69, 9.17) is 0 Å². The normalized spacial score (nSPS) is 18.1. The predicted molar refractivity (Wildman–Crippen MR) is 119 cm³/mol. The molecule has 0 saturated carbocycles. The molecule has 1 aliphatic rings. The number of aliphatic imine (C=N–C) groups is 1. The summed E-state index contributed by atoms with van der Waals surface area (Å²) in [4.78, 5) is 11.3. The zero-order valence-corrected chi connectivity index (χ0v) is 18.4. The van der Waals surface area contributed by atoms with Crippen molar-refractivity contribution in [3.05, 3.63) is 30.1 Å². The van der Waals surface area contributed by atoms with E-state index in [-0.39, 0.29) is 24.0 Å². The van der Waals surface area contributed by atoms with E-state index in [1.54, 1.807) is 0 Å². The van der Waals surface area contributed by atoms with Crippen LogP contribution in [0, 0.1) is 12.8 Å². The second-order valence-electron chi connectivity index (χ2n) is 6.95. The molecule has 2 heterocycles. The van der Waals surface area contributed by atoms with Gasteiger partial charge in [-0.25, -0.2) is 4.98 Å². The highest BCUT2D eigenvalue weighted by Gasteiger charge is 2.19. The van der Waals surface area contributed by atoms with E-state index in [1.807, 2.05) is 13.1 Å². The van der Waals surface area contributed by atoms with Crippen LogP contribution in [0.4, 0.5) is 0 Å². The number of rotatable bonds is 6. The van der Waals surface area contributed by atoms with Gasteiger partial charge in [-0.1, -0.05) is 12.1 Å². The van der Waals surface area contributed by atoms with Gasteiger partial charge in [0.1, 0.15) is 5.82 Å². The second-order valence-corrected chi connectivity index (χ2v) is 6.95. The molecule has 1 fully saturated rings. The number of aromatic nitrogens is 2. The molecular weight excluding hydrogens is 439 g/mol. The minimum atomic E-state index is 0. The van der Waals surface area contributed by atoms with E-state index >= 15 is 0 Å². The Morgan fingerprint density at radius 2 is 2.12 bits per heavy atom. The third-order valence-corrected chi connectivity index (χ3v) is 4.97. The summed E-state index contributed by atoms with van der Waals surface area (Å²) in [7, 11) is 4.03. The molecule has 0 amide bonds. The second kappa shape index (κ2) is 10.1. The first-order valence-corrected chi connectivity index (χ1v) is 9.22. The molecule has 0 radical (unpaired) electrons. The molecule has 2 aromatic rings. The van der Waals surface area contributed by atoms with Gasteiger partial charge in [-0.15, -0.1) is 24.0 Å². The monoisotopic (exact) mass is 470 g/mol. The maximum atomic E-state index is 4.63. The smallest absolute Gasteiger partial charge is 0.190 e. The highest BCUT2D eigenvalue weighted by molar-refractivity contribution is 14.0. The van der Waals surface area contributed by atoms with Gasteiger partial charge in [-0.2, -0.15) is 0 Å². The van der Waals surface area contributed by atoms with Crippen molar-refractivity contribution in [1.82, 2.24) is 25.1 Å². The third kappa shape index (κ3) is 5.33. The number of nitrogens with one attached hydrogen (secondary N) is 2. The Balaban J connectivity index is 0.00000243. The fourth-order valence-corrected chi connectivity index (χ4v) is 3.58. The topological polar surface area (TPSA) is 57.5 Å². The van der Waals surface area contributed by atoms with Crippen LogP contribution >= 0.6 is 24.0 Å². The number of imidazole rings is 1. The third-order valence-electron chi connectivity index (χ3n) is 4.97. The molecule has 0 aliphatic carbocycles. The molecule has 1 atom stereocenters. The number of likely N-dealkylation sites (tertiary alicyclic amines) is 1. The van der Waals surface area contributed by atoms with Crippen molar-refractivity contribution >= 4 is 41.0 Å². The number of aryl methyl sites for hydroxylation is 2. The summed E-state index contributed by atoms with van der Waals surface area (Å²) in [5.74, 6) is 2.71. The first-order chi connectivity index (χ1) is 12.2. The standard InChI is InChI=1S/C19H30N6.HI/c1-15-23-17-7-4-5-8-18(17)25(15)11-6-10-21-19(20-2)22-13-16-9-12-24(3)14-16;/h4-5,7-8,16H,6,9-14H2,1-3H3,(H2,20,21,22);1H. The molecule has 1 aromatic carbocycles. The maximum absolute atomic E-state index is 4.63. The number of hydrogen-bond acceptors (Lipinski definition) is 3. The molecule has 0 bridgehead atoms. The predicted octanol–water partition coefficient (Wildman–Crippen LogP) is 2.47. The van der Waals surface area contributed by atoms with Gasteiger partial charge < -0.3 is 20.1 Å². The van der Waals surface area contributed by atoms with Gasteiger partial charge in [-0.05, 0) is 51.4 Å². The first-order valence-electron chi connectivity index (χ1n) is 9.22. The Kier molecular flexibility index (Phi) is 8.15. The molecule has 144 valence electrons. The molecule has 1 aromatic heterocycles. The van der Waals surface area contributed by atoms with Crippen molar-refractivity contribution in [2.45, 2.75) is 26.3 Å². The molecule has 3 rings (SSSR count). The lowest BCUT2D eigenvalue weighted by atomic mass is 10.1. The Morgan fingerprint density at radius 1 is 1.31 bits per heavy atom. The van der Waals surface area contributed by atoms with Crippen molar-refractivity contribution in [2.75, 3.05) is 40.3 Å². The number of nitrogens with zero attached hydrogens (tertiary/aromatic N) is 4. The average molecular weight is 470 g/mol. The van der Waals surface area contributed by atoms with Crippen LogP contribution in [0.3, 0.4) is 0 Å². The lowest BCUT2D eigenvalue weighted by Crippen LogP contribution is -2.40. The van der Waals surface area contributed by atoms with Crippen LogP contribution in [0.2, 0.25) is 0 Å².